The van der Waals surface area contributed by atoms with E-state index in [2.05, 4.69) is 21.2 Å². The molecule has 2 rings (SSSR count). The lowest BCUT2D eigenvalue weighted by Crippen LogP contribution is -2.15. The Morgan fingerprint density at radius 1 is 1.29 bits per heavy atom. The van der Waals surface area contributed by atoms with Crippen LogP contribution in [0, 0.1) is 12.7 Å². The molecule has 0 aliphatic rings. The van der Waals surface area contributed by atoms with E-state index in [1.54, 1.807) is 12.1 Å². The van der Waals surface area contributed by atoms with Crippen LogP contribution in [0.2, 0.25) is 0 Å². The summed E-state index contributed by atoms with van der Waals surface area (Å²) in [6, 6.07) is 9.23. The third-order valence-electron chi connectivity index (χ3n) is 2.94. The molecule has 3 nitrogen and oxygen atoms in total. The van der Waals surface area contributed by atoms with Crippen LogP contribution >= 0.6 is 28.1 Å². The zero-order chi connectivity index (χ0) is 15.6. The highest BCUT2D eigenvalue weighted by Crippen LogP contribution is 2.22. The van der Waals surface area contributed by atoms with Crippen molar-refractivity contribution in [2.24, 2.45) is 5.73 Å². The second kappa shape index (κ2) is 6.32. The minimum Gasteiger partial charge on any atom is -0.389 e. The first kappa shape index (κ1) is 15.6. The highest BCUT2D eigenvalue weighted by atomic mass is 79.9. The molecule has 0 bridgehead atoms. The molecule has 1 amide bonds. The first-order valence-electron chi connectivity index (χ1n) is 6.05. The van der Waals surface area contributed by atoms with Crippen LogP contribution in [0.25, 0.3) is 0 Å². The number of aryl methyl sites for hydroxylation is 1. The van der Waals surface area contributed by atoms with Gasteiger partial charge in [0, 0.05) is 15.7 Å². The van der Waals surface area contributed by atoms with Crippen LogP contribution in [0.1, 0.15) is 21.5 Å². The number of nitrogens with one attached hydrogen (secondary N) is 1. The van der Waals surface area contributed by atoms with Crippen molar-refractivity contribution in [2.45, 2.75) is 6.92 Å². The average Bonchev–Trinajstić information content (AvgIpc) is 2.43. The van der Waals surface area contributed by atoms with Gasteiger partial charge in [0.1, 0.15) is 10.8 Å². The van der Waals surface area contributed by atoms with E-state index in [4.69, 9.17) is 18.0 Å². The van der Waals surface area contributed by atoms with Crippen molar-refractivity contribution < 1.29 is 9.18 Å². The Morgan fingerprint density at radius 3 is 2.67 bits per heavy atom. The smallest absolute Gasteiger partial charge is 0.256 e. The van der Waals surface area contributed by atoms with Gasteiger partial charge in [0.15, 0.2) is 0 Å². The number of thiocarbonyl (C=S) groups is 1. The number of halogens is 2. The van der Waals surface area contributed by atoms with Crippen LogP contribution in [0.5, 0.6) is 0 Å². The largest absolute Gasteiger partial charge is 0.389 e. The van der Waals surface area contributed by atoms with E-state index < -0.39 is 11.7 Å². The van der Waals surface area contributed by atoms with Crippen molar-refractivity contribution in [3.8, 4) is 0 Å². The van der Waals surface area contributed by atoms with Gasteiger partial charge >= 0.3 is 0 Å². The summed E-state index contributed by atoms with van der Waals surface area (Å²) in [4.78, 5) is 12.5. The molecule has 2 aromatic rings. The molecule has 0 spiro atoms. The number of amides is 1. The third-order valence-corrected chi connectivity index (χ3v) is 3.87. The molecule has 0 aliphatic carbocycles. The Hall–Kier alpha value is -1.79. The van der Waals surface area contributed by atoms with Crippen molar-refractivity contribution in [1.82, 2.24) is 0 Å². The molecule has 2 aromatic carbocycles. The number of hydrogen-bond donors (Lipinski definition) is 2. The van der Waals surface area contributed by atoms with Crippen LogP contribution < -0.4 is 11.1 Å². The predicted molar refractivity (Wildman–Crippen MR) is 89.1 cm³/mol. The van der Waals surface area contributed by atoms with Crippen molar-refractivity contribution >= 4 is 44.7 Å². The molecular formula is C15H12BrFN2OS. The van der Waals surface area contributed by atoms with E-state index in [-0.39, 0.29) is 10.6 Å². The summed E-state index contributed by atoms with van der Waals surface area (Å²) in [6.45, 7) is 1.85. The topological polar surface area (TPSA) is 55.1 Å². The molecule has 21 heavy (non-hydrogen) atoms. The van der Waals surface area contributed by atoms with Gasteiger partial charge in [-0.25, -0.2) is 4.39 Å². The van der Waals surface area contributed by atoms with Crippen LogP contribution in [0.15, 0.2) is 40.9 Å². The van der Waals surface area contributed by atoms with Crippen molar-refractivity contribution in [1.29, 1.82) is 0 Å². The summed E-state index contributed by atoms with van der Waals surface area (Å²) in [7, 11) is 0. The van der Waals surface area contributed by atoms with E-state index >= 15 is 0 Å². The molecule has 0 heterocycles. The van der Waals surface area contributed by atoms with Gasteiger partial charge in [0.05, 0.1) is 5.56 Å². The van der Waals surface area contributed by atoms with Crippen LogP contribution in [-0.2, 0) is 0 Å². The lowest BCUT2D eigenvalue weighted by molar-refractivity contribution is 0.102. The Morgan fingerprint density at radius 2 is 2.00 bits per heavy atom. The van der Waals surface area contributed by atoms with E-state index in [9.17, 15) is 9.18 Å². The molecular weight excluding hydrogens is 355 g/mol. The number of carbonyl (C=O) groups excluding carboxylic acids is 1. The summed E-state index contributed by atoms with van der Waals surface area (Å²) in [5.74, 6) is -0.887. The van der Waals surface area contributed by atoms with Crippen molar-refractivity contribution in [3.63, 3.8) is 0 Å². The number of carbonyl (C=O) groups is 1. The van der Waals surface area contributed by atoms with Gasteiger partial charge in [0.25, 0.3) is 5.91 Å². The lowest BCUT2D eigenvalue weighted by Gasteiger charge is -2.11. The normalized spacial score (nSPS) is 10.2. The summed E-state index contributed by atoms with van der Waals surface area (Å²) in [5, 5.41) is 2.74. The fraction of sp³-hybridized carbons (Fsp3) is 0.0667. The molecule has 0 unspecified atom stereocenters. The quantitative estimate of drug-likeness (QED) is 0.812. The highest BCUT2D eigenvalue weighted by molar-refractivity contribution is 9.10. The Balaban J connectivity index is 2.33. The van der Waals surface area contributed by atoms with Gasteiger partial charge in [-0.15, -0.1) is 0 Å². The van der Waals surface area contributed by atoms with Crippen LogP contribution in [-0.4, -0.2) is 10.9 Å². The Kier molecular flexibility index (Phi) is 4.69. The first-order valence-corrected chi connectivity index (χ1v) is 7.25. The third kappa shape index (κ3) is 3.65. The van der Waals surface area contributed by atoms with Crippen LogP contribution in [0.3, 0.4) is 0 Å². The summed E-state index contributed by atoms with van der Waals surface area (Å²) in [5.41, 5.74) is 7.90. The molecule has 0 saturated heterocycles. The molecule has 0 radical (unpaired) electrons. The molecule has 3 N–H and O–H groups in total. The molecule has 0 aromatic heterocycles. The summed E-state index contributed by atoms with van der Waals surface area (Å²) >= 11 is 8.15. The second-order valence-corrected chi connectivity index (χ2v) is 5.77. The number of anilines is 1. The number of benzene rings is 2. The molecule has 6 heteroatoms. The van der Waals surface area contributed by atoms with E-state index in [0.29, 0.717) is 15.7 Å². The summed E-state index contributed by atoms with van der Waals surface area (Å²) < 4.78 is 13.8. The van der Waals surface area contributed by atoms with Gasteiger partial charge < -0.3 is 11.1 Å². The zero-order valence-corrected chi connectivity index (χ0v) is 13.5. The molecule has 0 aliphatic heterocycles. The zero-order valence-electron chi connectivity index (χ0n) is 11.1. The van der Waals surface area contributed by atoms with E-state index in [0.717, 1.165) is 5.56 Å². The van der Waals surface area contributed by atoms with Crippen molar-refractivity contribution in [2.75, 3.05) is 5.32 Å². The Bertz CT molecular complexity index is 734. The minimum atomic E-state index is -0.475. The fourth-order valence-corrected chi connectivity index (χ4v) is 2.32. The van der Waals surface area contributed by atoms with Gasteiger partial charge in [-0.2, -0.15) is 0 Å². The molecule has 0 saturated carbocycles. The first-order chi connectivity index (χ1) is 9.88. The van der Waals surface area contributed by atoms with E-state index in [1.165, 1.54) is 18.2 Å². The Labute approximate surface area is 135 Å². The average molecular weight is 367 g/mol. The fourth-order valence-electron chi connectivity index (χ4n) is 1.77. The molecule has 108 valence electrons. The summed E-state index contributed by atoms with van der Waals surface area (Å²) in [6.07, 6.45) is 0. The maximum atomic E-state index is 13.3. The SMILES string of the molecule is Cc1ccc(C(N)=S)cc1NC(=O)c1cc(F)ccc1Br. The maximum Gasteiger partial charge on any atom is 0.256 e. The van der Waals surface area contributed by atoms with Gasteiger partial charge in [0.2, 0.25) is 0 Å². The van der Waals surface area contributed by atoms with E-state index in [1.807, 2.05) is 13.0 Å². The van der Waals surface area contributed by atoms with Gasteiger partial charge in [-0.05, 0) is 52.7 Å². The minimum absolute atomic E-state index is 0.218. The van der Waals surface area contributed by atoms with Gasteiger partial charge in [-0.3, -0.25) is 4.79 Å². The highest BCUT2D eigenvalue weighted by Gasteiger charge is 2.13. The number of nitrogens with two attached hydrogens (primary N) is 1. The van der Waals surface area contributed by atoms with Gasteiger partial charge in [-0.1, -0.05) is 24.4 Å². The number of rotatable bonds is 3. The lowest BCUT2D eigenvalue weighted by atomic mass is 10.1. The second-order valence-electron chi connectivity index (χ2n) is 4.47. The standard InChI is InChI=1S/C15H12BrFN2OS/c1-8-2-3-9(14(18)21)6-13(8)19-15(20)11-7-10(17)4-5-12(11)16/h2-7H,1H3,(H2,18,21)(H,19,20). The monoisotopic (exact) mass is 366 g/mol. The van der Waals surface area contributed by atoms with Crippen molar-refractivity contribution in [3.05, 3.63) is 63.4 Å². The maximum absolute atomic E-state index is 13.3. The molecule has 0 atom stereocenters. The predicted octanol–water partition coefficient (Wildman–Crippen LogP) is 3.78. The number of hydrogen-bond acceptors (Lipinski definition) is 2. The molecule has 0 fully saturated rings. The van der Waals surface area contributed by atoms with Crippen LogP contribution in [0.4, 0.5) is 10.1 Å².